The van der Waals surface area contributed by atoms with Gasteiger partial charge < -0.3 is 19.5 Å². The van der Waals surface area contributed by atoms with Crippen molar-refractivity contribution in [1.82, 2.24) is 4.90 Å². The molecule has 1 aromatic rings. The molecule has 28 heavy (non-hydrogen) atoms. The number of carbonyl (C=O) groups excluding carboxylic acids is 1. The van der Waals surface area contributed by atoms with E-state index >= 15 is 0 Å². The number of carbonyl (C=O) groups is 1. The van der Waals surface area contributed by atoms with Gasteiger partial charge in [-0.2, -0.15) is 0 Å². The van der Waals surface area contributed by atoms with Crippen LogP contribution in [0.1, 0.15) is 43.2 Å². The molecular weight excluding hydrogens is 378 g/mol. The fourth-order valence-electron chi connectivity index (χ4n) is 4.87. The minimum Gasteiger partial charge on any atom is -0.410 e. The fraction of sp³-hybridized carbons (Fsp3) is 0.591. The third kappa shape index (κ3) is 4.00. The first kappa shape index (κ1) is 21.0. The van der Waals surface area contributed by atoms with Crippen molar-refractivity contribution >= 4 is 17.7 Å². The highest BCUT2D eigenvalue weighted by Crippen LogP contribution is 2.54. The van der Waals surface area contributed by atoms with Gasteiger partial charge in [0, 0.05) is 38.6 Å². The van der Waals surface area contributed by atoms with Crippen LogP contribution in [0.2, 0.25) is 0 Å². The number of amides is 1. The van der Waals surface area contributed by atoms with Gasteiger partial charge in [0.2, 0.25) is 0 Å². The second-order valence-electron chi connectivity index (χ2n) is 8.17. The van der Waals surface area contributed by atoms with Crippen molar-refractivity contribution in [3.05, 3.63) is 29.3 Å². The number of fused-ring (bicyclic) bond motifs is 3. The Kier molecular flexibility index (Phi) is 6.24. The lowest BCUT2D eigenvalue weighted by atomic mass is 9.53. The smallest absolute Gasteiger partial charge is 0.410 e. The third-order valence-electron chi connectivity index (χ3n) is 6.33. The van der Waals surface area contributed by atoms with Crippen LogP contribution < -0.4 is 4.74 Å². The predicted octanol–water partition coefficient (Wildman–Crippen LogP) is 3.70. The Balaban J connectivity index is 1.94. The van der Waals surface area contributed by atoms with Crippen LogP contribution in [0.3, 0.4) is 0 Å². The topological polar surface area (TPSA) is 59.0 Å². The van der Waals surface area contributed by atoms with E-state index in [9.17, 15) is 9.90 Å². The minimum absolute atomic E-state index is 0.0616. The number of nitrogens with zero attached hydrogens (tertiary/aromatic N) is 1. The maximum atomic E-state index is 11.9. The van der Waals surface area contributed by atoms with Crippen molar-refractivity contribution in [3.63, 3.8) is 0 Å². The number of ether oxygens (including phenoxy) is 2. The Morgan fingerprint density at radius 3 is 2.86 bits per heavy atom. The Morgan fingerprint density at radius 2 is 2.18 bits per heavy atom. The zero-order chi connectivity index (χ0) is 20.4. The number of hydrogen-bond donors (Lipinski definition) is 1. The summed E-state index contributed by atoms with van der Waals surface area (Å²) in [6, 6.07) is 5.95. The third-order valence-corrected chi connectivity index (χ3v) is 6.42. The molecule has 0 unspecified atom stereocenters. The number of halogens is 1. The van der Waals surface area contributed by atoms with Crippen molar-refractivity contribution in [3.8, 4) is 17.0 Å². The maximum Gasteiger partial charge on any atom is 0.414 e. The van der Waals surface area contributed by atoms with Crippen molar-refractivity contribution in [1.29, 1.82) is 0 Å². The standard InChI is InChI=1S/C22H28ClNO4/c1-24(2)20(25)28-18-6-7-19-16(14-18)4-5-17-15-21(26,10-12-23)8-9-22(17,19)11-13-27-3/h6-7,14,17,26H,4-5,8-9,11,13,15H2,1-3H3/t17-,21+,22+/m0/s1. The quantitative estimate of drug-likeness (QED) is 0.776. The van der Waals surface area contributed by atoms with E-state index in [0.29, 0.717) is 31.1 Å². The van der Waals surface area contributed by atoms with Gasteiger partial charge >= 0.3 is 6.09 Å². The molecule has 0 aromatic heterocycles. The number of methoxy groups -OCH3 is 1. The molecule has 3 atom stereocenters. The first-order valence-electron chi connectivity index (χ1n) is 9.70. The summed E-state index contributed by atoms with van der Waals surface area (Å²) in [7, 11) is 5.05. The summed E-state index contributed by atoms with van der Waals surface area (Å²) in [4.78, 5) is 13.3. The Morgan fingerprint density at radius 1 is 1.39 bits per heavy atom. The largest absolute Gasteiger partial charge is 0.414 e. The normalized spacial score (nSPS) is 28.4. The molecule has 0 spiro atoms. The first-order chi connectivity index (χ1) is 13.3. The Labute approximate surface area is 172 Å². The number of hydrogen-bond acceptors (Lipinski definition) is 4. The van der Waals surface area contributed by atoms with Crippen molar-refractivity contribution < 1.29 is 19.4 Å². The molecule has 1 aromatic carbocycles. The second kappa shape index (κ2) is 8.32. The van der Waals surface area contributed by atoms with E-state index in [1.54, 1.807) is 21.2 Å². The van der Waals surface area contributed by atoms with E-state index in [0.717, 1.165) is 25.7 Å². The molecule has 152 valence electrons. The van der Waals surface area contributed by atoms with Crippen LogP contribution in [0.5, 0.6) is 5.75 Å². The van der Waals surface area contributed by atoms with Gasteiger partial charge in [0.25, 0.3) is 0 Å². The molecule has 0 saturated heterocycles. The summed E-state index contributed by atoms with van der Waals surface area (Å²) < 4.78 is 10.9. The van der Waals surface area contributed by atoms with Crippen LogP contribution in [0.4, 0.5) is 4.79 Å². The predicted molar refractivity (Wildman–Crippen MR) is 109 cm³/mol. The number of benzene rings is 1. The van der Waals surface area contributed by atoms with E-state index in [1.165, 1.54) is 16.0 Å². The van der Waals surface area contributed by atoms with Crippen LogP contribution >= 0.6 is 11.6 Å². The maximum absolute atomic E-state index is 11.9. The molecule has 3 rings (SSSR count). The monoisotopic (exact) mass is 405 g/mol. The van der Waals surface area contributed by atoms with Crippen molar-refractivity contribution in [2.75, 3.05) is 27.8 Å². The van der Waals surface area contributed by atoms with Gasteiger partial charge in [-0.1, -0.05) is 12.0 Å². The van der Waals surface area contributed by atoms with Crippen molar-refractivity contribution in [2.24, 2.45) is 5.92 Å². The molecule has 0 radical (unpaired) electrons. The second-order valence-corrected chi connectivity index (χ2v) is 8.36. The van der Waals surface area contributed by atoms with Gasteiger partial charge in [0.15, 0.2) is 0 Å². The SMILES string of the molecule is COCC[C@]12CC[C@@](O)(C#CCl)C[C@@H]1CCc1cc(OC(=O)N(C)C)ccc12. The lowest BCUT2D eigenvalue weighted by molar-refractivity contribution is -0.0173. The summed E-state index contributed by atoms with van der Waals surface area (Å²) in [5.41, 5.74) is 1.42. The molecule has 0 aliphatic heterocycles. The number of aliphatic hydroxyl groups is 1. The zero-order valence-corrected chi connectivity index (χ0v) is 17.5. The summed E-state index contributed by atoms with van der Waals surface area (Å²) in [5.74, 6) is 3.68. The van der Waals surface area contributed by atoms with Crippen LogP contribution in [-0.2, 0) is 16.6 Å². The van der Waals surface area contributed by atoms with Gasteiger partial charge in [0.1, 0.15) is 11.4 Å². The Hall–Kier alpha value is -1.74. The number of aryl methyl sites for hydroxylation is 1. The summed E-state index contributed by atoms with van der Waals surface area (Å²) in [6.45, 7) is 0.660. The van der Waals surface area contributed by atoms with Crippen LogP contribution in [0, 0.1) is 17.2 Å². The highest BCUT2D eigenvalue weighted by atomic mass is 35.5. The van der Waals surface area contributed by atoms with Crippen LogP contribution in [-0.4, -0.2) is 49.5 Å². The van der Waals surface area contributed by atoms with E-state index in [2.05, 4.69) is 17.4 Å². The molecular formula is C22H28ClNO4. The molecule has 1 fully saturated rings. The minimum atomic E-state index is -1.01. The highest BCUT2D eigenvalue weighted by Gasteiger charge is 2.51. The van der Waals surface area contributed by atoms with Gasteiger partial charge in [-0.25, -0.2) is 4.79 Å². The van der Waals surface area contributed by atoms with E-state index in [-0.39, 0.29) is 11.5 Å². The Bertz CT molecular complexity index is 799. The lowest BCUT2D eigenvalue weighted by Gasteiger charge is -2.52. The summed E-state index contributed by atoms with van der Waals surface area (Å²) >= 11 is 5.59. The molecule has 5 nitrogen and oxygen atoms in total. The van der Waals surface area contributed by atoms with Gasteiger partial charge in [0.05, 0.1) is 0 Å². The number of rotatable bonds is 4. The molecule has 0 heterocycles. The molecule has 1 N–H and O–H groups in total. The summed E-state index contributed by atoms with van der Waals surface area (Å²) in [5, 5.41) is 13.2. The lowest BCUT2D eigenvalue weighted by Crippen LogP contribution is -2.50. The molecule has 1 saturated carbocycles. The molecule has 2 aliphatic rings. The molecule has 6 heteroatoms. The average molecular weight is 406 g/mol. The van der Waals surface area contributed by atoms with Crippen molar-refractivity contribution in [2.45, 2.75) is 49.5 Å². The molecule has 0 bridgehead atoms. The summed E-state index contributed by atoms with van der Waals surface area (Å²) in [6.07, 6.45) is 4.37. The van der Waals surface area contributed by atoms with E-state index in [4.69, 9.17) is 21.1 Å². The van der Waals surface area contributed by atoms with Crippen LogP contribution in [0.25, 0.3) is 0 Å². The average Bonchev–Trinajstić information content (AvgIpc) is 2.66. The van der Waals surface area contributed by atoms with Gasteiger partial charge in [-0.15, -0.1) is 0 Å². The van der Waals surface area contributed by atoms with E-state index < -0.39 is 5.60 Å². The van der Waals surface area contributed by atoms with Gasteiger partial charge in [-0.05, 0) is 79.3 Å². The van der Waals surface area contributed by atoms with E-state index in [1.807, 2.05) is 12.1 Å². The first-order valence-corrected chi connectivity index (χ1v) is 10.1. The fourth-order valence-corrected chi connectivity index (χ4v) is 5.05. The van der Waals surface area contributed by atoms with Gasteiger partial charge in [-0.3, -0.25) is 0 Å². The molecule has 2 aliphatic carbocycles. The van der Waals surface area contributed by atoms with Crippen LogP contribution in [0.15, 0.2) is 18.2 Å². The highest BCUT2D eigenvalue weighted by molar-refractivity contribution is 6.30. The molecule has 1 amide bonds. The zero-order valence-electron chi connectivity index (χ0n) is 16.8.